The Kier molecular flexibility index (Phi) is 2.76. The number of hydrogen-bond donors (Lipinski definition) is 0. The van der Waals surface area contributed by atoms with Crippen molar-refractivity contribution in [2.45, 2.75) is 56.6 Å². The van der Waals surface area contributed by atoms with Gasteiger partial charge in [0, 0.05) is 11.5 Å². The molecule has 1 aromatic heterocycles. The molecule has 1 aromatic rings. The molecule has 0 atom stereocenters. The summed E-state index contributed by atoms with van der Waals surface area (Å²) in [6, 6.07) is 0.0337. The molecule has 5 nitrogen and oxygen atoms in total. The van der Waals surface area contributed by atoms with Gasteiger partial charge in [0.05, 0.1) is 0 Å². The lowest BCUT2D eigenvalue weighted by molar-refractivity contribution is 0.431. The van der Waals surface area contributed by atoms with Crippen molar-refractivity contribution in [3.05, 3.63) is 5.82 Å². The van der Waals surface area contributed by atoms with E-state index < -0.39 is 15.4 Å². The summed E-state index contributed by atoms with van der Waals surface area (Å²) >= 11 is 0. The van der Waals surface area contributed by atoms with Gasteiger partial charge in [0.2, 0.25) is 0 Å². The normalized spacial score (nSPS) is 17.4. The molecule has 7 heteroatoms. The summed E-state index contributed by atoms with van der Waals surface area (Å²) in [5.41, 5.74) is -0.307. The van der Waals surface area contributed by atoms with Gasteiger partial charge in [-0.1, -0.05) is 24.7 Å². The van der Waals surface area contributed by atoms with Crippen LogP contribution in [0.2, 0.25) is 0 Å². The lowest BCUT2D eigenvalue weighted by atomic mass is 9.89. The Morgan fingerprint density at radius 3 is 2.41 bits per heavy atom. The minimum atomic E-state index is -4.80. The van der Waals surface area contributed by atoms with E-state index in [9.17, 15) is 12.3 Å². The highest BCUT2D eigenvalue weighted by Crippen LogP contribution is 2.40. The van der Waals surface area contributed by atoms with Crippen LogP contribution in [0, 0.1) is 0 Å². The van der Waals surface area contributed by atoms with E-state index in [1.165, 1.54) is 4.57 Å². The summed E-state index contributed by atoms with van der Waals surface area (Å²) in [4.78, 5) is 0. The number of nitrogens with zero attached hydrogens (tertiary/aromatic N) is 3. The van der Waals surface area contributed by atoms with E-state index in [4.69, 9.17) is 0 Å². The van der Waals surface area contributed by atoms with Gasteiger partial charge in [-0.25, -0.2) is 0 Å². The topological polar surface area (TPSA) is 64.8 Å². The molecule has 0 spiro atoms. The van der Waals surface area contributed by atoms with Gasteiger partial charge < -0.3 is 0 Å². The van der Waals surface area contributed by atoms with Gasteiger partial charge in [0.25, 0.3) is 5.16 Å². The van der Waals surface area contributed by atoms with Crippen molar-refractivity contribution in [2.24, 2.45) is 0 Å². The summed E-state index contributed by atoms with van der Waals surface area (Å²) in [6.45, 7) is 5.88. The molecule has 1 fully saturated rings. The molecular weight excluding hydrogens is 245 g/mol. The molecule has 0 aliphatic heterocycles. The Hall–Kier alpha value is -0.980. The van der Waals surface area contributed by atoms with Crippen LogP contribution < -0.4 is 0 Å². The van der Waals surface area contributed by atoms with E-state index in [1.54, 1.807) is 0 Å². The highest BCUT2D eigenvalue weighted by Gasteiger charge is 2.38. The molecule has 1 saturated carbocycles. The van der Waals surface area contributed by atoms with Gasteiger partial charge in [0.1, 0.15) is 5.82 Å². The van der Waals surface area contributed by atoms with Crippen LogP contribution in [0.15, 0.2) is 5.16 Å². The number of halogens is 1. The van der Waals surface area contributed by atoms with Crippen LogP contribution in [0.25, 0.3) is 0 Å². The van der Waals surface area contributed by atoms with Crippen LogP contribution >= 0.6 is 0 Å². The SMILES string of the molecule is CCC(C)(C)c1nnc(S(=O)(=O)F)n1C1CC1. The largest absolute Gasteiger partial charge is 0.368 e. The number of aromatic nitrogens is 3. The Morgan fingerprint density at radius 1 is 1.41 bits per heavy atom. The quantitative estimate of drug-likeness (QED) is 0.777. The minimum absolute atomic E-state index is 0.0337. The average molecular weight is 261 g/mol. The number of hydrogen-bond acceptors (Lipinski definition) is 4. The molecule has 96 valence electrons. The predicted molar refractivity (Wildman–Crippen MR) is 59.9 cm³/mol. The molecule has 1 aliphatic carbocycles. The maximum absolute atomic E-state index is 13.1. The first kappa shape index (κ1) is 12.5. The van der Waals surface area contributed by atoms with Gasteiger partial charge in [-0.15, -0.1) is 10.2 Å². The lowest BCUT2D eigenvalue weighted by Gasteiger charge is -2.22. The Morgan fingerprint density at radius 2 is 2.00 bits per heavy atom. The molecular formula is C10H16FN3O2S. The minimum Gasteiger partial charge on any atom is -0.296 e. The molecule has 0 saturated heterocycles. The Balaban J connectivity index is 2.59. The molecule has 1 aliphatic rings. The van der Waals surface area contributed by atoms with Crippen LogP contribution in [0.1, 0.15) is 51.9 Å². The molecule has 1 heterocycles. The average Bonchev–Trinajstić information content (AvgIpc) is 2.94. The first-order valence-corrected chi connectivity index (χ1v) is 7.06. The van der Waals surface area contributed by atoms with Crippen LogP contribution in [-0.2, 0) is 15.6 Å². The van der Waals surface area contributed by atoms with Crippen molar-refractivity contribution in [2.75, 3.05) is 0 Å². The summed E-state index contributed by atoms with van der Waals surface area (Å²) in [6.07, 6.45) is 2.49. The maximum Gasteiger partial charge on any atom is 0.368 e. The van der Waals surface area contributed by atoms with E-state index >= 15 is 0 Å². The fourth-order valence-electron chi connectivity index (χ4n) is 1.72. The summed E-state index contributed by atoms with van der Waals surface area (Å²) in [5.74, 6) is 0.554. The summed E-state index contributed by atoms with van der Waals surface area (Å²) in [7, 11) is -4.80. The van der Waals surface area contributed by atoms with E-state index in [0.717, 1.165) is 19.3 Å². The first-order valence-electron chi connectivity index (χ1n) is 5.67. The molecule has 17 heavy (non-hydrogen) atoms. The third-order valence-electron chi connectivity index (χ3n) is 3.28. The third kappa shape index (κ3) is 2.20. The molecule has 0 unspecified atom stereocenters. The van der Waals surface area contributed by atoms with Crippen molar-refractivity contribution < 1.29 is 12.3 Å². The fraction of sp³-hybridized carbons (Fsp3) is 0.800. The zero-order chi connectivity index (χ0) is 12.8. The highest BCUT2D eigenvalue weighted by atomic mass is 32.3. The van der Waals surface area contributed by atoms with Gasteiger partial charge in [0.15, 0.2) is 0 Å². The predicted octanol–water partition coefficient (Wildman–Crippen LogP) is 1.96. The zero-order valence-corrected chi connectivity index (χ0v) is 11.0. The van der Waals surface area contributed by atoms with Crippen molar-refractivity contribution >= 4 is 10.2 Å². The molecule has 0 radical (unpaired) electrons. The molecule has 0 N–H and O–H groups in total. The van der Waals surface area contributed by atoms with Crippen molar-refractivity contribution in [1.82, 2.24) is 14.8 Å². The third-order valence-corrected chi connectivity index (χ3v) is 4.00. The second-order valence-corrected chi connectivity index (χ2v) is 6.32. The highest BCUT2D eigenvalue weighted by molar-refractivity contribution is 7.86. The van der Waals surface area contributed by atoms with Crippen molar-refractivity contribution in [3.63, 3.8) is 0 Å². The summed E-state index contributed by atoms with van der Waals surface area (Å²) < 4.78 is 36.6. The van der Waals surface area contributed by atoms with Crippen molar-refractivity contribution in [3.8, 4) is 0 Å². The fourth-order valence-corrected chi connectivity index (χ4v) is 2.33. The van der Waals surface area contributed by atoms with Crippen LogP contribution in [0.3, 0.4) is 0 Å². The van der Waals surface area contributed by atoms with E-state index in [1.807, 2.05) is 20.8 Å². The van der Waals surface area contributed by atoms with Gasteiger partial charge >= 0.3 is 10.2 Å². The van der Waals surface area contributed by atoms with Crippen LogP contribution in [0.4, 0.5) is 3.89 Å². The van der Waals surface area contributed by atoms with Crippen LogP contribution in [0.5, 0.6) is 0 Å². The number of rotatable bonds is 4. The van der Waals surface area contributed by atoms with E-state index in [0.29, 0.717) is 5.82 Å². The Labute approximate surface area is 100 Å². The second-order valence-electron chi connectivity index (χ2n) is 5.08. The monoisotopic (exact) mass is 261 g/mol. The maximum atomic E-state index is 13.1. The lowest BCUT2D eigenvalue weighted by Crippen LogP contribution is -2.22. The first-order chi connectivity index (χ1) is 7.77. The van der Waals surface area contributed by atoms with Crippen molar-refractivity contribution in [1.29, 1.82) is 0 Å². The molecule has 0 amide bonds. The molecule has 0 aromatic carbocycles. The Bertz CT molecular complexity index is 532. The van der Waals surface area contributed by atoms with E-state index in [2.05, 4.69) is 10.2 Å². The van der Waals surface area contributed by atoms with E-state index in [-0.39, 0.29) is 11.5 Å². The summed E-state index contributed by atoms with van der Waals surface area (Å²) in [5, 5.41) is 6.85. The van der Waals surface area contributed by atoms with Gasteiger partial charge in [-0.2, -0.15) is 8.42 Å². The second kappa shape index (κ2) is 3.76. The molecule has 0 bridgehead atoms. The van der Waals surface area contributed by atoms with Gasteiger partial charge in [-0.3, -0.25) is 4.57 Å². The van der Waals surface area contributed by atoms with Gasteiger partial charge in [-0.05, 0) is 19.3 Å². The van der Waals surface area contributed by atoms with Crippen LogP contribution in [-0.4, -0.2) is 23.2 Å². The standard InChI is InChI=1S/C10H16FN3O2S/c1-4-10(2,3)8-12-13-9(17(11,15)16)14(8)7-5-6-7/h7H,4-6H2,1-3H3. The smallest absolute Gasteiger partial charge is 0.296 e. The zero-order valence-electron chi connectivity index (χ0n) is 10.1. The molecule has 2 rings (SSSR count).